The zero-order chi connectivity index (χ0) is 19.7. The van der Waals surface area contributed by atoms with Crippen LogP contribution in [0.4, 0.5) is 17.3 Å². The maximum Gasteiger partial charge on any atom is 0.266 e. The first-order valence-corrected chi connectivity index (χ1v) is 10.0. The minimum Gasteiger partial charge on any atom is -0.337 e. The lowest BCUT2D eigenvalue weighted by atomic mass is 10.2. The maximum absolute atomic E-state index is 12.8. The van der Waals surface area contributed by atoms with Crippen molar-refractivity contribution in [1.29, 1.82) is 0 Å². The van der Waals surface area contributed by atoms with E-state index in [1.165, 1.54) is 17.1 Å². The molecule has 0 bridgehead atoms. The predicted octanol–water partition coefficient (Wildman–Crippen LogP) is 3.22. The van der Waals surface area contributed by atoms with Crippen molar-refractivity contribution in [2.75, 3.05) is 10.0 Å². The third-order valence-corrected chi connectivity index (χ3v) is 5.48. The van der Waals surface area contributed by atoms with Gasteiger partial charge >= 0.3 is 0 Å². The summed E-state index contributed by atoms with van der Waals surface area (Å²) in [4.78, 5) is 9.10. The number of hydrogen-bond acceptors (Lipinski definition) is 6. The van der Waals surface area contributed by atoms with Gasteiger partial charge in [-0.2, -0.15) is 5.10 Å². The monoisotopic (exact) mass is 394 g/mol. The molecule has 0 fully saturated rings. The summed E-state index contributed by atoms with van der Waals surface area (Å²) >= 11 is 0. The Morgan fingerprint density at radius 3 is 2.21 bits per heavy atom. The van der Waals surface area contributed by atoms with Crippen molar-refractivity contribution in [2.45, 2.75) is 11.8 Å². The van der Waals surface area contributed by atoms with Gasteiger partial charge in [0.25, 0.3) is 10.0 Å². The van der Waals surface area contributed by atoms with Gasteiger partial charge in [0.15, 0.2) is 11.6 Å². The quantitative estimate of drug-likeness (QED) is 0.539. The lowest BCUT2D eigenvalue weighted by Crippen LogP contribution is -2.15. The number of fused-ring (bicyclic) bond motifs is 1. The first-order valence-electron chi connectivity index (χ1n) is 8.53. The Hall–Kier alpha value is -3.46. The Morgan fingerprint density at radius 1 is 0.929 bits per heavy atom. The van der Waals surface area contributed by atoms with Crippen LogP contribution in [-0.2, 0) is 17.1 Å². The highest BCUT2D eigenvalue weighted by atomic mass is 32.2. The van der Waals surface area contributed by atoms with Crippen LogP contribution in [0, 0.1) is 6.92 Å². The van der Waals surface area contributed by atoms with Crippen molar-refractivity contribution in [3.8, 4) is 0 Å². The van der Waals surface area contributed by atoms with Crippen molar-refractivity contribution in [1.82, 2.24) is 19.7 Å². The fraction of sp³-hybridized carbons (Fsp3) is 0.105. The molecule has 0 spiro atoms. The van der Waals surface area contributed by atoms with Crippen LogP contribution in [0.1, 0.15) is 5.56 Å². The van der Waals surface area contributed by atoms with Crippen LogP contribution in [0.25, 0.3) is 11.0 Å². The average molecular weight is 394 g/mol. The van der Waals surface area contributed by atoms with Crippen molar-refractivity contribution in [3.05, 3.63) is 66.5 Å². The fourth-order valence-corrected chi connectivity index (χ4v) is 3.71. The second kappa shape index (κ2) is 6.93. The zero-order valence-corrected chi connectivity index (χ0v) is 16.1. The van der Waals surface area contributed by atoms with Crippen LogP contribution in [0.15, 0.2) is 65.8 Å². The van der Waals surface area contributed by atoms with Crippen LogP contribution >= 0.6 is 0 Å². The molecule has 0 saturated carbocycles. The Balaban J connectivity index is 1.80. The highest BCUT2D eigenvalue weighted by Crippen LogP contribution is 2.28. The predicted molar refractivity (Wildman–Crippen MR) is 108 cm³/mol. The number of aromatic nitrogens is 4. The third kappa shape index (κ3) is 3.52. The maximum atomic E-state index is 12.8. The summed E-state index contributed by atoms with van der Waals surface area (Å²) in [5.41, 5.74) is 3.05. The molecule has 0 aliphatic carbocycles. The number of aryl methyl sites for hydroxylation is 2. The molecule has 0 unspecified atom stereocenters. The lowest BCUT2D eigenvalue weighted by molar-refractivity contribution is 0.601. The second-order valence-electron chi connectivity index (χ2n) is 6.30. The van der Waals surface area contributed by atoms with Gasteiger partial charge in [-0.15, -0.1) is 0 Å². The summed E-state index contributed by atoms with van der Waals surface area (Å²) in [6, 6.07) is 15.0. The van der Waals surface area contributed by atoms with Gasteiger partial charge in [-0.1, -0.05) is 30.3 Å². The van der Waals surface area contributed by atoms with Crippen molar-refractivity contribution < 1.29 is 8.42 Å². The Labute approximate surface area is 162 Å². The van der Waals surface area contributed by atoms with E-state index in [0.717, 1.165) is 11.3 Å². The summed E-state index contributed by atoms with van der Waals surface area (Å²) in [6.45, 7) is 1.95. The SMILES string of the molecule is Cc1ccccc1Nc1nc2ccccc2nc1NS(=O)(=O)c1cnn(C)c1. The van der Waals surface area contributed by atoms with Crippen molar-refractivity contribution >= 4 is 38.4 Å². The van der Waals surface area contributed by atoms with Gasteiger partial charge in [0.1, 0.15) is 4.90 Å². The molecule has 0 saturated heterocycles. The van der Waals surface area contributed by atoms with Crippen molar-refractivity contribution in [2.24, 2.45) is 7.05 Å². The van der Waals surface area contributed by atoms with E-state index in [9.17, 15) is 8.42 Å². The number of anilines is 3. The first kappa shape index (κ1) is 17.9. The smallest absolute Gasteiger partial charge is 0.266 e. The van der Waals surface area contributed by atoms with Gasteiger partial charge < -0.3 is 5.32 Å². The topological polar surface area (TPSA) is 102 Å². The van der Waals surface area contributed by atoms with Gasteiger partial charge in [-0.3, -0.25) is 9.40 Å². The molecule has 0 radical (unpaired) electrons. The standard InChI is InChI=1S/C19H18N6O2S/c1-13-7-3-4-8-15(13)21-18-19(23-17-10-6-5-9-16(17)22-18)24-28(26,27)14-11-20-25(2)12-14/h3-12H,1-2H3,(H,21,22)(H,23,24). The minimum absolute atomic E-state index is 0.0480. The summed E-state index contributed by atoms with van der Waals surface area (Å²) in [5, 5.41) is 7.11. The van der Waals surface area contributed by atoms with Gasteiger partial charge in [0.05, 0.1) is 17.2 Å². The minimum atomic E-state index is -3.86. The number of rotatable bonds is 5. The molecule has 4 aromatic rings. The molecule has 4 rings (SSSR count). The summed E-state index contributed by atoms with van der Waals surface area (Å²) in [5.74, 6) is 0.436. The molecule has 0 aliphatic rings. The lowest BCUT2D eigenvalue weighted by Gasteiger charge is -2.14. The second-order valence-corrected chi connectivity index (χ2v) is 7.99. The van der Waals surface area contributed by atoms with E-state index in [1.807, 2.05) is 49.4 Å². The van der Waals surface area contributed by atoms with E-state index in [1.54, 1.807) is 13.1 Å². The number of nitrogens with zero attached hydrogens (tertiary/aromatic N) is 4. The molecule has 0 amide bonds. The molecule has 9 heteroatoms. The number of sulfonamides is 1. The van der Waals surface area contributed by atoms with Gasteiger partial charge in [0.2, 0.25) is 0 Å². The summed E-state index contributed by atoms with van der Waals surface area (Å²) in [6.07, 6.45) is 2.70. The highest BCUT2D eigenvalue weighted by Gasteiger charge is 2.20. The number of nitrogens with one attached hydrogen (secondary N) is 2. The highest BCUT2D eigenvalue weighted by molar-refractivity contribution is 7.92. The summed E-state index contributed by atoms with van der Waals surface area (Å²) in [7, 11) is -2.21. The number of hydrogen-bond donors (Lipinski definition) is 2. The van der Waals surface area contributed by atoms with Crippen LogP contribution < -0.4 is 10.0 Å². The van der Waals surface area contributed by atoms with Crippen molar-refractivity contribution in [3.63, 3.8) is 0 Å². The largest absolute Gasteiger partial charge is 0.337 e. The Kier molecular flexibility index (Phi) is 4.44. The molecule has 8 nitrogen and oxygen atoms in total. The van der Waals surface area contributed by atoms with Gasteiger partial charge in [-0.05, 0) is 30.7 Å². The molecule has 28 heavy (non-hydrogen) atoms. The Bertz CT molecular complexity index is 1270. The number of para-hydroxylation sites is 3. The van der Waals surface area contributed by atoms with E-state index in [2.05, 4.69) is 25.1 Å². The molecule has 2 aromatic carbocycles. The van der Waals surface area contributed by atoms with Crippen LogP contribution in [-0.4, -0.2) is 28.2 Å². The average Bonchev–Trinajstić information content (AvgIpc) is 3.11. The Morgan fingerprint density at radius 2 is 1.57 bits per heavy atom. The van der Waals surface area contributed by atoms with Crippen LogP contribution in [0.5, 0.6) is 0 Å². The van der Waals surface area contributed by atoms with E-state index < -0.39 is 10.0 Å². The van der Waals surface area contributed by atoms with E-state index in [4.69, 9.17) is 0 Å². The number of benzene rings is 2. The molecule has 2 N–H and O–H groups in total. The van der Waals surface area contributed by atoms with E-state index in [0.29, 0.717) is 16.9 Å². The fourth-order valence-electron chi connectivity index (χ4n) is 2.72. The molecular weight excluding hydrogens is 376 g/mol. The molecule has 0 aliphatic heterocycles. The summed E-state index contributed by atoms with van der Waals surface area (Å²) < 4.78 is 29.5. The first-order chi connectivity index (χ1) is 13.4. The normalized spacial score (nSPS) is 11.5. The molecule has 0 atom stereocenters. The molecule has 142 valence electrons. The molecule has 2 heterocycles. The van der Waals surface area contributed by atoms with Gasteiger partial charge in [0, 0.05) is 18.9 Å². The van der Waals surface area contributed by atoms with E-state index >= 15 is 0 Å². The molecule has 2 aromatic heterocycles. The van der Waals surface area contributed by atoms with Crippen LogP contribution in [0.3, 0.4) is 0 Å². The van der Waals surface area contributed by atoms with E-state index in [-0.39, 0.29) is 10.7 Å². The molecular formula is C19H18N6O2S. The zero-order valence-electron chi connectivity index (χ0n) is 15.3. The third-order valence-electron chi connectivity index (χ3n) is 4.19. The van der Waals surface area contributed by atoms with Gasteiger partial charge in [-0.25, -0.2) is 18.4 Å². The van der Waals surface area contributed by atoms with Crippen LogP contribution in [0.2, 0.25) is 0 Å².